The van der Waals surface area contributed by atoms with Crippen LogP contribution in [0.1, 0.15) is 6.92 Å². The molecular formula is C11H22N2O3. The van der Waals surface area contributed by atoms with Crippen molar-refractivity contribution in [2.75, 3.05) is 26.7 Å². The van der Waals surface area contributed by atoms with Crippen LogP contribution < -0.4 is 5.73 Å². The summed E-state index contributed by atoms with van der Waals surface area (Å²) < 4.78 is 5.47. The van der Waals surface area contributed by atoms with Crippen molar-refractivity contribution in [2.24, 2.45) is 5.73 Å². The predicted octanol–water partition coefficient (Wildman–Crippen LogP) is -1.06. The van der Waals surface area contributed by atoms with Gasteiger partial charge in [0.1, 0.15) is 12.2 Å². The molecule has 0 aliphatic carbocycles. The van der Waals surface area contributed by atoms with Gasteiger partial charge < -0.3 is 25.6 Å². The molecule has 4 N–H and O–H groups in total. The summed E-state index contributed by atoms with van der Waals surface area (Å²) in [4.78, 5) is 2.02. The standard InChI is InChI=1S/C11H22N2O3/c1-8-10(14)11(15)9(16-8)7-13(2)6-4-3-5-12/h3-4,8-11,14-15H,5-7,12H2,1-2H3/t8-,9+,10?,11-/m0/s1. The van der Waals surface area contributed by atoms with Crippen molar-refractivity contribution in [1.29, 1.82) is 0 Å². The maximum atomic E-state index is 9.71. The second-order valence-corrected chi connectivity index (χ2v) is 4.29. The summed E-state index contributed by atoms with van der Waals surface area (Å²) in [6, 6.07) is 0. The minimum absolute atomic E-state index is 0.298. The summed E-state index contributed by atoms with van der Waals surface area (Å²) in [6.07, 6.45) is 1.67. The lowest BCUT2D eigenvalue weighted by Gasteiger charge is -2.21. The Morgan fingerprint density at radius 1 is 1.31 bits per heavy atom. The molecule has 16 heavy (non-hydrogen) atoms. The van der Waals surface area contributed by atoms with Crippen molar-refractivity contribution >= 4 is 0 Å². The van der Waals surface area contributed by atoms with Gasteiger partial charge in [0.25, 0.3) is 0 Å². The molecule has 4 atom stereocenters. The number of likely N-dealkylation sites (N-methyl/N-ethyl adjacent to an activating group) is 1. The maximum absolute atomic E-state index is 9.71. The summed E-state index contributed by atoms with van der Waals surface area (Å²) in [5.74, 6) is 0. The molecule has 1 fully saturated rings. The largest absolute Gasteiger partial charge is 0.388 e. The van der Waals surface area contributed by atoms with E-state index in [1.165, 1.54) is 0 Å². The summed E-state index contributed by atoms with van der Waals surface area (Å²) in [5, 5.41) is 19.2. The van der Waals surface area contributed by atoms with E-state index in [2.05, 4.69) is 0 Å². The third-order valence-electron chi connectivity index (χ3n) is 2.81. The number of aliphatic hydroxyl groups is 2. The van der Waals surface area contributed by atoms with Gasteiger partial charge in [-0.15, -0.1) is 0 Å². The van der Waals surface area contributed by atoms with Crippen molar-refractivity contribution in [3.8, 4) is 0 Å². The lowest BCUT2D eigenvalue weighted by atomic mass is 10.1. The minimum Gasteiger partial charge on any atom is -0.388 e. The Morgan fingerprint density at radius 3 is 2.50 bits per heavy atom. The van der Waals surface area contributed by atoms with Gasteiger partial charge in [-0.3, -0.25) is 0 Å². The van der Waals surface area contributed by atoms with E-state index in [0.29, 0.717) is 13.1 Å². The zero-order valence-electron chi connectivity index (χ0n) is 9.91. The van der Waals surface area contributed by atoms with Crippen LogP contribution in [0.4, 0.5) is 0 Å². The van der Waals surface area contributed by atoms with Gasteiger partial charge >= 0.3 is 0 Å². The Kier molecular flexibility index (Phi) is 5.37. The zero-order chi connectivity index (χ0) is 12.1. The van der Waals surface area contributed by atoms with Crippen LogP contribution in [-0.2, 0) is 4.74 Å². The minimum atomic E-state index is -0.795. The molecule has 0 spiro atoms. The first-order valence-electron chi connectivity index (χ1n) is 5.61. The first-order chi connectivity index (χ1) is 7.56. The third kappa shape index (κ3) is 3.54. The van der Waals surface area contributed by atoms with E-state index in [1.807, 2.05) is 24.1 Å². The summed E-state index contributed by atoms with van der Waals surface area (Å²) >= 11 is 0. The van der Waals surface area contributed by atoms with E-state index < -0.39 is 12.2 Å². The predicted molar refractivity (Wildman–Crippen MR) is 62.0 cm³/mol. The first kappa shape index (κ1) is 13.6. The van der Waals surface area contributed by atoms with E-state index in [4.69, 9.17) is 10.5 Å². The fourth-order valence-electron chi connectivity index (χ4n) is 1.82. The monoisotopic (exact) mass is 230 g/mol. The highest BCUT2D eigenvalue weighted by Gasteiger charge is 2.40. The van der Waals surface area contributed by atoms with Crippen molar-refractivity contribution in [2.45, 2.75) is 31.3 Å². The van der Waals surface area contributed by atoms with Gasteiger partial charge in [0.2, 0.25) is 0 Å². The van der Waals surface area contributed by atoms with Crippen LogP contribution >= 0.6 is 0 Å². The fraction of sp³-hybridized carbons (Fsp3) is 0.818. The Bertz CT molecular complexity index is 235. The molecule has 0 aromatic heterocycles. The third-order valence-corrected chi connectivity index (χ3v) is 2.81. The first-order valence-corrected chi connectivity index (χ1v) is 5.61. The zero-order valence-corrected chi connectivity index (χ0v) is 9.91. The van der Waals surface area contributed by atoms with Crippen LogP contribution in [-0.4, -0.2) is 66.2 Å². The van der Waals surface area contributed by atoms with Gasteiger partial charge in [-0.25, -0.2) is 0 Å². The lowest BCUT2D eigenvalue weighted by molar-refractivity contribution is 0.000277. The van der Waals surface area contributed by atoms with E-state index in [1.54, 1.807) is 6.92 Å². The molecule has 1 aliphatic heterocycles. The van der Waals surface area contributed by atoms with Crippen LogP contribution in [0.2, 0.25) is 0 Å². The van der Waals surface area contributed by atoms with Crippen molar-refractivity contribution in [3.63, 3.8) is 0 Å². The molecule has 0 bridgehead atoms. The molecular weight excluding hydrogens is 208 g/mol. The molecule has 0 saturated carbocycles. The molecule has 5 nitrogen and oxygen atoms in total. The summed E-state index contributed by atoms with van der Waals surface area (Å²) in [5.41, 5.74) is 5.33. The molecule has 5 heteroatoms. The van der Waals surface area contributed by atoms with Crippen LogP contribution in [0, 0.1) is 0 Å². The van der Waals surface area contributed by atoms with Gasteiger partial charge in [-0.2, -0.15) is 0 Å². The topological polar surface area (TPSA) is 79.0 Å². The summed E-state index contributed by atoms with van der Waals surface area (Å²) in [6.45, 7) is 3.65. The number of hydrogen-bond donors (Lipinski definition) is 3. The number of aliphatic hydroxyl groups excluding tert-OH is 2. The van der Waals surface area contributed by atoms with Gasteiger partial charge in [0.15, 0.2) is 0 Å². The van der Waals surface area contributed by atoms with Crippen LogP contribution in [0.15, 0.2) is 12.2 Å². The number of rotatable bonds is 5. The molecule has 1 rings (SSSR count). The number of nitrogens with zero attached hydrogens (tertiary/aromatic N) is 1. The van der Waals surface area contributed by atoms with Crippen LogP contribution in [0.3, 0.4) is 0 Å². The molecule has 0 aromatic carbocycles. The highest BCUT2D eigenvalue weighted by molar-refractivity contribution is 4.91. The van der Waals surface area contributed by atoms with E-state index in [-0.39, 0.29) is 12.2 Å². The maximum Gasteiger partial charge on any atom is 0.110 e. The number of nitrogens with two attached hydrogens (primary N) is 1. The van der Waals surface area contributed by atoms with Gasteiger partial charge in [0, 0.05) is 19.6 Å². The van der Waals surface area contributed by atoms with E-state index in [9.17, 15) is 10.2 Å². The highest BCUT2D eigenvalue weighted by Crippen LogP contribution is 2.21. The Balaban J connectivity index is 2.34. The molecule has 1 unspecified atom stereocenters. The van der Waals surface area contributed by atoms with Crippen molar-refractivity contribution in [3.05, 3.63) is 12.2 Å². The number of ether oxygens (including phenoxy) is 1. The van der Waals surface area contributed by atoms with E-state index in [0.717, 1.165) is 6.54 Å². The average molecular weight is 230 g/mol. The van der Waals surface area contributed by atoms with Gasteiger partial charge in [0.05, 0.1) is 12.2 Å². The molecule has 1 saturated heterocycles. The van der Waals surface area contributed by atoms with Crippen molar-refractivity contribution < 1.29 is 14.9 Å². The average Bonchev–Trinajstić information content (AvgIpc) is 2.47. The molecule has 94 valence electrons. The second kappa shape index (κ2) is 6.32. The molecule has 0 radical (unpaired) electrons. The highest BCUT2D eigenvalue weighted by atomic mass is 16.5. The second-order valence-electron chi connectivity index (χ2n) is 4.29. The number of hydrogen-bond acceptors (Lipinski definition) is 5. The molecule has 0 aromatic rings. The SMILES string of the molecule is C[C@@H]1O[C@H](CN(C)CC=CCN)[C@H](O)C1O. The van der Waals surface area contributed by atoms with Crippen LogP contribution in [0.25, 0.3) is 0 Å². The molecule has 1 heterocycles. The lowest BCUT2D eigenvalue weighted by Crippen LogP contribution is -2.38. The van der Waals surface area contributed by atoms with Crippen molar-refractivity contribution in [1.82, 2.24) is 4.90 Å². The Morgan fingerprint density at radius 2 is 2.00 bits per heavy atom. The normalized spacial score (nSPS) is 35.4. The van der Waals surface area contributed by atoms with E-state index >= 15 is 0 Å². The Labute approximate surface area is 96.5 Å². The smallest absolute Gasteiger partial charge is 0.110 e. The molecule has 1 aliphatic rings. The van der Waals surface area contributed by atoms with Crippen LogP contribution in [0.5, 0.6) is 0 Å². The van der Waals surface area contributed by atoms with Gasteiger partial charge in [-0.05, 0) is 14.0 Å². The summed E-state index contributed by atoms with van der Waals surface area (Å²) in [7, 11) is 1.94. The van der Waals surface area contributed by atoms with Gasteiger partial charge in [-0.1, -0.05) is 12.2 Å². The Hall–Kier alpha value is -0.460. The fourth-order valence-corrected chi connectivity index (χ4v) is 1.82. The molecule has 0 amide bonds. The quantitative estimate of drug-likeness (QED) is 0.525.